The third kappa shape index (κ3) is 3.19. The second-order valence-corrected chi connectivity index (χ2v) is 4.27. The smallest absolute Gasteiger partial charge is 0.308 e. The molecular weight excluding hydrogens is 234 g/mol. The van der Waals surface area contributed by atoms with E-state index in [2.05, 4.69) is 10.3 Å². The molecule has 0 bridgehead atoms. The van der Waals surface area contributed by atoms with E-state index >= 15 is 0 Å². The number of carboxylic acid groups (broad SMARTS) is 1. The zero-order valence-corrected chi connectivity index (χ0v) is 10.6. The van der Waals surface area contributed by atoms with Crippen molar-refractivity contribution in [3.8, 4) is 0 Å². The second-order valence-electron chi connectivity index (χ2n) is 4.27. The molecule has 0 fully saturated rings. The maximum atomic E-state index is 11.2. The van der Waals surface area contributed by atoms with Crippen LogP contribution in [-0.4, -0.2) is 28.0 Å². The molecule has 0 aromatic carbocycles. The molecule has 6 heteroatoms. The predicted octanol–water partition coefficient (Wildman–Crippen LogP) is 1.01. The van der Waals surface area contributed by atoms with Gasteiger partial charge in [0.1, 0.15) is 5.82 Å². The lowest BCUT2D eigenvalue weighted by molar-refractivity contribution is -0.141. The Morgan fingerprint density at radius 1 is 1.39 bits per heavy atom. The summed E-state index contributed by atoms with van der Waals surface area (Å²) in [7, 11) is 0. The summed E-state index contributed by atoms with van der Waals surface area (Å²) in [5.41, 5.74) is 6.22. The number of nitrogens with two attached hydrogens (primary N) is 1. The number of anilines is 1. The molecule has 0 saturated carbocycles. The van der Waals surface area contributed by atoms with Crippen LogP contribution in [0, 0.1) is 12.8 Å². The number of primary amides is 1. The highest BCUT2D eigenvalue weighted by molar-refractivity contribution is 5.97. The molecule has 0 saturated heterocycles. The van der Waals surface area contributed by atoms with Crippen molar-refractivity contribution in [3.63, 3.8) is 0 Å². The van der Waals surface area contributed by atoms with Gasteiger partial charge in [-0.1, -0.05) is 0 Å². The average molecular weight is 251 g/mol. The van der Waals surface area contributed by atoms with Gasteiger partial charge >= 0.3 is 5.97 Å². The summed E-state index contributed by atoms with van der Waals surface area (Å²) >= 11 is 0. The monoisotopic (exact) mass is 251 g/mol. The van der Waals surface area contributed by atoms with Gasteiger partial charge in [0.15, 0.2) is 0 Å². The molecule has 1 heterocycles. The van der Waals surface area contributed by atoms with Gasteiger partial charge in [0.2, 0.25) is 0 Å². The van der Waals surface area contributed by atoms with Crippen LogP contribution in [0.5, 0.6) is 0 Å². The Balaban J connectivity index is 2.99. The van der Waals surface area contributed by atoms with E-state index in [0.29, 0.717) is 5.82 Å². The number of aryl methyl sites for hydroxylation is 1. The van der Waals surface area contributed by atoms with Crippen LogP contribution in [0.15, 0.2) is 12.1 Å². The highest BCUT2D eigenvalue weighted by atomic mass is 16.4. The highest BCUT2D eigenvalue weighted by Crippen LogP contribution is 2.16. The highest BCUT2D eigenvalue weighted by Gasteiger charge is 2.21. The summed E-state index contributed by atoms with van der Waals surface area (Å²) in [6.07, 6.45) is 0. The fraction of sp³-hybridized carbons (Fsp3) is 0.417. The van der Waals surface area contributed by atoms with Gasteiger partial charge in [-0.15, -0.1) is 0 Å². The van der Waals surface area contributed by atoms with Gasteiger partial charge in [0.25, 0.3) is 5.91 Å². The molecule has 18 heavy (non-hydrogen) atoms. The Bertz CT molecular complexity index is 474. The van der Waals surface area contributed by atoms with E-state index in [1.54, 1.807) is 32.9 Å². The lowest BCUT2D eigenvalue weighted by Gasteiger charge is -2.19. The van der Waals surface area contributed by atoms with Gasteiger partial charge in [0.05, 0.1) is 11.5 Å². The van der Waals surface area contributed by atoms with Crippen molar-refractivity contribution in [2.45, 2.75) is 26.8 Å². The quantitative estimate of drug-likeness (QED) is 0.724. The third-order valence-electron chi connectivity index (χ3n) is 2.80. The van der Waals surface area contributed by atoms with Gasteiger partial charge in [-0.25, -0.2) is 4.98 Å². The Hall–Kier alpha value is -2.11. The molecule has 0 aliphatic rings. The summed E-state index contributed by atoms with van der Waals surface area (Å²) in [6.45, 7) is 5.08. The van der Waals surface area contributed by atoms with Crippen LogP contribution < -0.4 is 11.1 Å². The largest absolute Gasteiger partial charge is 0.481 e. The maximum absolute atomic E-state index is 11.2. The number of pyridine rings is 1. The van der Waals surface area contributed by atoms with Crippen LogP contribution >= 0.6 is 0 Å². The molecule has 6 nitrogen and oxygen atoms in total. The van der Waals surface area contributed by atoms with Gasteiger partial charge in [-0.3, -0.25) is 9.59 Å². The molecule has 0 spiro atoms. The molecule has 1 rings (SSSR count). The first-order chi connectivity index (χ1) is 8.32. The van der Waals surface area contributed by atoms with Crippen LogP contribution in [0.25, 0.3) is 0 Å². The first-order valence-electron chi connectivity index (χ1n) is 5.59. The van der Waals surface area contributed by atoms with Gasteiger partial charge in [-0.05, 0) is 32.9 Å². The Morgan fingerprint density at radius 2 is 2.00 bits per heavy atom. The molecule has 0 aliphatic carbocycles. The molecule has 2 atom stereocenters. The molecular formula is C12H17N3O3. The fourth-order valence-corrected chi connectivity index (χ4v) is 1.42. The Kier molecular flexibility index (Phi) is 4.25. The number of carbonyl (C=O) groups excluding carboxylic acids is 1. The third-order valence-corrected chi connectivity index (χ3v) is 2.80. The minimum Gasteiger partial charge on any atom is -0.481 e. The van der Waals surface area contributed by atoms with Gasteiger partial charge in [-0.2, -0.15) is 0 Å². The van der Waals surface area contributed by atoms with Crippen molar-refractivity contribution >= 4 is 17.7 Å². The zero-order valence-electron chi connectivity index (χ0n) is 10.6. The summed E-state index contributed by atoms with van der Waals surface area (Å²) in [4.78, 5) is 26.3. The molecule has 1 amide bonds. The maximum Gasteiger partial charge on any atom is 0.308 e. The van der Waals surface area contributed by atoms with Crippen molar-refractivity contribution in [2.75, 3.05) is 5.32 Å². The number of hydrogen-bond acceptors (Lipinski definition) is 4. The molecule has 2 unspecified atom stereocenters. The van der Waals surface area contributed by atoms with E-state index in [1.165, 1.54) is 0 Å². The summed E-state index contributed by atoms with van der Waals surface area (Å²) in [5, 5.41) is 11.8. The van der Waals surface area contributed by atoms with Gasteiger partial charge in [0, 0.05) is 11.7 Å². The first kappa shape index (κ1) is 14.0. The summed E-state index contributed by atoms with van der Waals surface area (Å²) in [6, 6.07) is 2.89. The topological polar surface area (TPSA) is 105 Å². The van der Waals surface area contributed by atoms with Crippen molar-refractivity contribution in [2.24, 2.45) is 11.7 Å². The number of aromatic nitrogens is 1. The minimum absolute atomic E-state index is 0.255. The second kappa shape index (κ2) is 5.48. The SMILES string of the molecule is Cc1ccc(C(N)=O)c(NC(C)C(C)C(=O)O)n1. The molecule has 98 valence electrons. The first-order valence-corrected chi connectivity index (χ1v) is 5.59. The Morgan fingerprint density at radius 3 is 2.50 bits per heavy atom. The van der Waals surface area contributed by atoms with Crippen LogP contribution in [0.1, 0.15) is 29.9 Å². The molecule has 0 aliphatic heterocycles. The van der Waals surface area contributed by atoms with E-state index < -0.39 is 17.8 Å². The van der Waals surface area contributed by atoms with Crippen molar-refractivity contribution < 1.29 is 14.7 Å². The van der Waals surface area contributed by atoms with Crippen molar-refractivity contribution in [1.82, 2.24) is 4.98 Å². The van der Waals surface area contributed by atoms with E-state index in [-0.39, 0.29) is 11.6 Å². The van der Waals surface area contributed by atoms with E-state index in [4.69, 9.17) is 10.8 Å². The van der Waals surface area contributed by atoms with Gasteiger partial charge < -0.3 is 16.2 Å². The number of carbonyl (C=O) groups is 2. The minimum atomic E-state index is -0.914. The van der Waals surface area contributed by atoms with Crippen LogP contribution in [0.2, 0.25) is 0 Å². The van der Waals surface area contributed by atoms with Crippen LogP contribution in [0.3, 0.4) is 0 Å². The molecule has 0 radical (unpaired) electrons. The number of nitrogens with zero attached hydrogens (tertiary/aromatic N) is 1. The van der Waals surface area contributed by atoms with Crippen molar-refractivity contribution in [1.29, 1.82) is 0 Å². The molecule has 1 aromatic heterocycles. The number of rotatable bonds is 5. The number of carboxylic acids is 1. The summed E-state index contributed by atoms with van der Waals surface area (Å²) in [5.74, 6) is -1.79. The number of amides is 1. The lowest BCUT2D eigenvalue weighted by Crippen LogP contribution is -2.31. The van der Waals surface area contributed by atoms with Crippen LogP contribution in [-0.2, 0) is 4.79 Å². The van der Waals surface area contributed by atoms with E-state index in [9.17, 15) is 9.59 Å². The number of aliphatic carboxylic acids is 1. The molecule has 1 aromatic rings. The Labute approximate surface area is 105 Å². The van der Waals surface area contributed by atoms with Crippen LogP contribution in [0.4, 0.5) is 5.82 Å². The fourth-order valence-electron chi connectivity index (χ4n) is 1.42. The summed E-state index contributed by atoms with van der Waals surface area (Å²) < 4.78 is 0. The number of hydrogen-bond donors (Lipinski definition) is 3. The standard InChI is InChI=1S/C12H17N3O3/c1-6-4-5-9(10(13)16)11(14-6)15-8(3)7(2)12(17)18/h4-5,7-8H,1-3H3,(H2,13,16)(H,14,15)(H,17,18). The van der Waals surface area contributed by atoms with E-state index in [1.807, 2.05) is 0 Å². The average Bonchev–Trinajstić information content (AvgIpc) is 2.27. The lowest BCUT2D eigenvalue weighted by atomic mass is 10.0. The normalized spacial score (nSPS) is 13.7. The van der Waals surface area contributed by atoms with Crippen molar-refractivity contribution in [3.05, 3.63) is 23.4 Å². The zero-order chi connectivity index (χ0) is 13.9. The molecule has 4 N–H and O–H groups in total. The number of nitrogens with one attached hydrogen (secondary N) is 1. The van der Waals surface area contributed by atoms with E-state index in [0.717, 1.165) is 5.69 Å². The predicted molar refractivity (Wildman–Crippen MR) is 67.4 cm³/mol.